The highest BCUT2D eigenvalue weighted by Crippen LogP contribution is 2.29. The topological polar surface area (TPSA) is 35.8 Å². The van der Waals surface area contributed by atoms with Crippen molar-refractivity contribution >= 4 is 27.3 Å². The highest BCUT2D eigenvalue weighted by molar-refractivity contribution is 9.10. The first-order chi connectivity index (χ1) is 9.11. The van der Waals surface area contributed by atoms with Gasteiger partial charge in [0, 0.05) is 10.2 Å². The average molecular weight is 315 g/mol. The summed E-state index contributed by atoms with van der Waals surface area (Å²) in [5.41, 5.74) is 3.76. The number of para-hydroxylation sites is 1. The Bertz CT molecular complexity index is 627. The van der Waals surface area contributed by atoms with Crippen LogP contribution in [0.25, 0.3) is 0 Å². The van der Waals surface area contributed by atoms with E-state index >= 15 is 0 Å². The van der Waals surface area contributed by atoms with Crippen molar-refractivity contribution in [3.63, 3.8) is 0 Å². The molecular formula is C16H15BrN2. The second kappa shape index (κ2) is 5.90. The van der Waals surface area contributed by atoms with Crippen molar-refractivity contribution in [1.29, 1.82) is 5.26 Å². The molecule has 0 radical (unpaired) electrons. The van der Waals surface area contributed by atoms with E-state index in [0.717, 1.165) is 15.8 Å². The molecular weight excluding hydrogens is 300 g/mol. The van der Waals surface area contributed by atoms with E-state index in [1.54, 1.807) is 0 Å². The van der Waals surface area contributed by atoms with E-state index in [1.807, 2.05) is 36.4 Å². The molecule has 2 nitrogen and oxygen atoms in total. The number of hydrogen-bond acceptors (Lipinski definition) is 2. The number of nitrogens with one attached hydrogen (secondary N) is 1. The van der Waals surface area contributed by atoms with E-state index in [9.17, 15) is 5.26 Å². The summed E-state index contributed by atoms with van der Waals surface area (Å²) in [6.07, 6.45) is 0. The van der Waals surface area contributed by atoms with Crippen molar-refractivity contribution in [3.8, 4) is 6.07 Å². The summed E-state index contributed by atoms with van der Waals surface area (Å²) in [6.45, 7) is 4.32. The predicted molar refractivity (Wildman–Crippen MR) is 82.7 cm³/mol. The summed E-state index contributed by atoms with van der Waals surface area (Å²) in [4.78, 5) is 0. The summed E-state index contributed by atoms with van der Waals surface area (Å²) in [5, 5.41) is 12.5. The molecule has 3 heteroatoms. The molecule has 0 aliphatic carbocycles. The Kier molecular flexibility index (Phi) is 4.24. The van der Waals surface area contributed by atoms with Crippen LogP contribution in [-0.2, 0) is 0 Å². The lowest BCUT2D eigenvalue weighted by Gasteiger charge is -2.15. The van der Waals surface area contributed by atoms with Gasteiger partial charge in [0.15, 0.2) is 0 Å². The van der Waals surface area contributed by atoms with E-state index in [4.69, 9.17) is 0 Å². The molecule has 2 rings (SSSR count). The second-order valence-electron chi connectivity index (χ2n) is 4.67. The first-order valence-corrected chi connectivity index (χ1v) is 6.96. The minimum Gasteiger partial charge on any atom is -0.354 e. The van der Waals surface area contributed by atoms with Gasteiger partial charge in [-0.25, -0.2) is 0 Å². The van der Waals surface area contributed by atoms with Gasteiger partial charge in [-0.1, -0.05) is 48.0 Å². The summed E-state index contributed by atoms with van der Waals surface area (Å²) < 4.78 is 0.909. The smallest absolute Gasteiger partial charge is 0.101 e. The largest absolute Gasteiger partial charge is 0.354 e. The van der Waals surface area contributed by atoms with Crippen LogP contribution in [0.3, 0.4) is 0 Å². The first kappa shape index (κ1) is 13.6. The first-order valence-electron chi connectivity index (χ1n) is 6.17. The van der Waals surface area contributed by atoms with Gasteiger partial charge >= 0.3 is 0 Å². The minimum atomic E-state index is 0.435. The Balaban J connectivity index is 2.40. The fourth-order valence-corrected chi connectivity index (χ4v) is 2.34. The normalized spacial score (nSPS) is 10.3. The van der Waals surface area contributed by atoms with Gasteiger partial charge in [0.25, 0.3) is 0 Å². The molecule has 0 unspecified atom stereocenters. The number of rotatable bonds is 3. The van der Waals surface area contributed by atoms with Crippen molar-refractivity contribution in [2.45, 2.75) is 19.8 Å². The van der Waals surface area contributed by atoms with Gasteiger partial charge in [-0.2, -0.15) is 5.26 Å². The van der Waals surface area contributed by atoms with Gasteiger partial charge in [0.1, 0.15) is 6.07 Å². The van der Waals surface area contributed by atoms with Crippen molar-refractivity contribution in [1.82, 2.24) is 0 Å². The molecule has 0 bridgehead atoms. The van der Waals surface area contributed by atoms with E-state index in [2.05, 4.69) is 47.2 Å². The molecule has 0 aliphatic heterocycles. The van der Waals surface area contributed by atoms with Crippen LogP contribution in [-0.4, -0.2) is 0 Å². The molecule has 96 valence electrons. The third-order valence-electron chi connectivity index (χ3n) is 2.95. The summed E-state index contributed by atoms with van der Waals surface area (Å²) in [5.74, 6) is 0.435. The Morgan fingerprint density at radius 2 is 1.84 bits per heavy atom. The lowest BCUT2D eigenvalue weighted by atomic mass is 10.0. The minimum absolute atomic E-state index is 0.435. The zero-order valence-electron chi connectivity index (χ0n) is 10.9. The van der Waals surface area contributed by atoms with Crippen LogP contribution in [0.15, 0.2) is 46.9 Å². The number of halogens is 1. The van der Waals surface area contributed by atoms with Crippen LogP contribution in [0, 0.1) is 11.3 Å². The zero-order chi connectivity index (χ0) is 13.8. The maximum absolute atomic E-state index is 9.19. The monoisotopic (exact) mass is 314 g/mol. The van der Waals surface area contributed by atoms with Gasteiger partial charge in [-0.3, -0.25) is 0 Å². The van der Waals surface area contributed by atoms with E-state index in [-0.39, 0.29) is 0 Å². The van der Waals surface area contributed by atoms with Crippen LogP contribution in [0.4, 0.5) is 11.4 Å². The molecule has 2 aromatic rings. The molecule has 0 aromatic heterocycles. The molecule has 0 saturated heterocycles. The maximum atomic E-state index is 9.19. The Morgan fingerprint density at radius 3 is 2.53 bits per heavy atom. The van der Waals surface area contributed by atoms with Gasteiger partial charge in [0.2, 0.25) is 0 Å². The number of nitrogens with zero attached hydrogens (tertiary/aromatic N) is 1. The van der Waals surface area contributed by atoms with Crippen molar-refractivity contribution < 1.29 is 0 Å². The fraction of sp³-hybridized carbons (Fsp3) is 0.188. The van der Waals surface area contributed by atoms with Gasteiger partial charge in [-0.15, -0.1) is 0 Å². The molecule has 0 amide bonds. The zero-order valence-corrected chi connectivity index (χ0v) is 12.5. The molecule has 0 fully saturated rings. The predicted octanol–water partition coefficient (Wildman–Crippen LogP) is 5.19. The van der Waals surface area contributed by atoms with E-state index < -0.39 is 0 Å². The summed E-state index contributed by atoms with van der Waals surface area (Å²) >= 11 is 3.38. The fourth-order valence-electron chi connectivity index (χ4n) is 1.98. The van der Waals surface area contributed by atoms with Crippen LogP contribution >= 0.6 is 15.9 Å². The van der Waals surface area contributed by atoms with Crippen LogP contribution in [0.1, 0.15) is 30.9 Å². The quantitative estimate of drug-likeness (QED) is 0.846. The molecule has 0 aliphatic rings. The SMILES string of the molecule is CC(C)c1ccccc1Nc1ccc(Br)cc1C#N. The number of hydrogen-bond donors (Lipinski definition) is 1. The lowest BCUT2D eigenvalue weighted by Crippen LogP contribution is -1.99. The standard InChI is InChI=1S/C16H15BrN2/c1-11(2)14-5-3-4-6-16(14)19-15-8-7-13(17)9-12(15)10-18/h3-9,11,19H,1-2H3. The van der Waals surface area contributed by atoms with Gasteiger partial charge in [0.05, 0.1) is 11.3 Å². The molecule has 0 spiro atoms. The van der Waals surface area contributed by atoms with Crippen molar-refractivity contribution in [3.05, 3.63) is 58.1 Å². The van der Waals surface area contributed by atoms with E-state index in [1.165, 1.54) is 5.56 Å². The molecule has 1 N–H and O–H groups in total. The van der Waals surface area contributed by atoms with Crippen molar-refractivity contribution in [2.75, 3.05) is 5.32 Å². The average Bonchev–Trinajstić information content (AvgIpc) is 2.41. The van der Waals surface area contributed by atoms with Crippen LogP contribution < -0.4 is 5.32 Å². The Labute approximate surface area is 122 Å². The van der Waals surface area contributed by atoms with Crippen LogP contribution in [0.2, 0.25) is 0 Å². The molecule has 19 heavy (non-hydrogen) atoms. The number of benzene rings is 2. The molecule has 0 heterocycles. The third-order valence-corrected chi connectivity index (χ3v) is 3.45. The summed E-state index contributed by atoms with van der Waals surface area (Å²) in [6, 6.07) is 16.1. The highest BCUT2D eigenvalue weighted by Gasteiger charge is 2.08. The maximum Gasteiger partial charge on any atom is 0.101 e. The number of anilines is 2. The van der Waals surface area contributed by atoms with Crippen LogP contribution in [0.5, 0.6) is 0 Å². The highest BCUT2D eigenvalue weighted by atomic mass is 79.9. The molecule has 2 aromatic carbocycles. The lowest BCUT2D eigenvalue weighted by molar-refractivity contribution is 0.869. The summed E-state index contributed by atoms with van der Waals surface area (Å²) in [7, 11) is 0. The van der Waals surface area contributed by atoms with Crippen molar-refractivity contribution in [2.24, 2.45) is 0 Å². The van der Waals surface area contributed by atoms with Gasteiger partial charge in [-0.05, 0) is 35.7 Å². The number of nitriles is 1. The molecule has 0 atom stereocenters. The Hall–Kier alpha value is -1.79. The third kappa shape index (κ3) is 3.15. The second-order valence-corrected chi connectivity index (χ2v) is 5.58. The van der Waals surface area contributed by atoms with E-state index in [0.29, 0.717) is 11.5 Å². The Morgan fingerprint density at radius 1 is 1.11 bits per heavy atom. The van der Waals surface area contributed by atoms with Gasteiger partial charge < -0.3 is 5.32 Å². The molecule has 0 saturated carbocycles.